The molecule has 3 rings (SSSR count). The summed E-state index contributed by atoms with van der Waals surface area (Å²) in [6.45, 7) is 0. The van der Waals surface area contributed by atoms with E-state index in [9.17, 15) is 25.2 Å². The maximum Gasteiger partial charge on any atom is 0.220 e. The van der Waals surface area contributed by atoms with E-state index in [1.54, 1.807) is 0 Å². The van der Waals surface area contributed by atoms with E-state index in [-0.39, 0.29) is 27.7 Å². The van der Waals surface area contributed by atoms with Crippen LogP contribution in [0.1, 0.15) is 0 Å². The molecule has 0 saturated heterocycles. The molecule has 9 N–H and O–H groups in total. The molecule has 138 valence electrons. The van der Waals surface area contributed by atoms with Gasteiger partial charge in [-0.05, 0) is 29.7 Å². The number of fused-ring (bicyclic) bond motifs is 1. The molecule has 3 aromatic carbocycles. The average Bonchev–Trinajstić information content (AvgIpc) is 2.70. The Hall–Kier alpha value is -3.85. The number of hydrogen-bond donors (Lipinski definition) is 7. The molecule has 0 spiro atoms. The molecule has 0 aliphatic heterocycles. The van der Waals surface area contributed by atoms with E-state index in [0.29, 0.717) is 0 Å². The minimum Gasteiger partial charge on any atom is -0.504 e. The normalized spacial score (nSPS) is 9.69. The maximum absolute atomic E-state index is 11.3. The van der Waals surface area contributed by atoms with Gasteiger partial charge >= 0.3 is 0 Å². The van der Waals surface area contributed by atoms with Crippen LogP contribution in [0.5, 0.6) is 40.2 Å². The molecule has 0 aliphatic rings. The van der Waals surface area contributed by atoms with Gasteiger partial charge < -0.3 is 41.2 Å². The van der Waals surface area contributed by atoms with Crippen LogP contribution in [0.25, 0.3) is 10.8 Å². The molecule has 9 nitrogen and oxygen atoms in total. The van der Waals surface area contributed by atoms with Crippen molar-refractivity contribution in [2.24, 2.45) is 0 Å². The molecule has 0 bridgehead atoms. The lowest BCUT2D eigenvalue weighted by molar-refractivity contribution is 0.368. The Bertz CT molecular complexity index is 979. The fourth-order valence-corrected chi connectivity index (χ4v) is 2.01. The molecule has 0 aliphatic carbocycles. The summed E-state index contributed by atoms with van der Waals surface area (Å²) in [5, 5.41) is 63.8. The fourth-order valence-electron chi connectivity index (χ4n) is 2.01. The van der Waals surface area contributed by atoms with Gasteiger partial charge in [-0.2, -0.15) is 0 Å². The standard InChI is InChI=1S/C11H8O5.C6H6O3.H2O/c12-6-3-1-2-5-4-7(13)10(15)11(16)8(5)9(6)14;7-4-2-1-3-5(8)6(4)9;/h1-4,13,15-16H,(H,12,14);1-3,7-9H;1H2. The van der Waals surface area contributed by atoms with E-state index in [1.165, 1.54) is 30.3 Å². The number of phenolic OH excluding ortho intramolecular Hbond substituents is 6. The fraction of sp³-hybridized carbons (Fsp3) is 0. The summed E-state index contributed by atoms with van der Waals surface area (Å²) in [6, 6.07) is 9.07. The Morgan fingerprint density at radius 1 is 0.577 bits per heavy atom. The van der Waals surface area contributed by atoms with Crippen molar-refractivity contribution in [1.82, 2.24) is 0 Å². The number of aromatic hydroxyl groups is 7. The van der Waals surface area contributed by atoms with E-state index in [0.717, 1.165) is 12.1 Å². The van der Waals surface area contributed by atoms with Crippen molar-refractivity contribution >= 4 is 10.8 Å². The summed E-state index contributed by atoms with van der Waals surface area (Å²) < 4.78 is 0. The highest BCUT2D eigenvalue weighted by Gasteiger charge is 2.14. The first-order chi connectivity index (χ1) is 11.7. The van der Waals surface area contributed by atoms with Crippen molar-refractivity contribution in [2.45, 2.75) is 0 Å². The topological polar surface area (TPSA) is 190 Å². The van der Waals surface area contributed by atoms with Crippen LogP contribution in [0, 0.1) is 0 Å². The predicted molar refractivity (Wildman–Crippen MR) is 91.9 cm³/mol. The molecule has 0 atom stereocenters. The highest BCUT2D eigenvalue weighted by Crippen LogP contribution is 2.42. The second kappa shape index (κ2) is 7.81. The van der Waals surface area contributed by atoms with E-state index < -0.39 is 34.2 Å². The summed E-state index contributed by atoms with van der Waals surface area (Å²) in [5.41, 5.74) is -0.685. The molecule has 9 heteroatoms. The van der Waals surface area contributed by atoms with E-state index >= 15 is 0 Å². The van der Waals surface area contributed by atoms with Gasteiger partial charge in [-0.3, -0.25) is 4.79 Å². The molecule has 0 aromatic heterocycles. The molecule has 0 radical (unpaired) electrons. The van der Waals surface area contributed by atoms with E-state index in [1.807, 2.05) is 0 Å². The number of para-hydroxylation sites is 1. The van der Waals surface area contributed by atoms with Gasteiger partial charge in [0.15, 0.2) is 34.5 Å². The Kier molecular flexibility index (Phi) is 6.07. The third kappa shape index (κ3) is 3.79. The zero-order chi connectivity index (χ0) is 18.7. The zero-order valence-electron chi connectivity index (χ0n) is 13.1. The molecular weight excluding hydrogens is 348 g/mol. The van der Waals surface area contributed by atoms with Crippen LogP contribution in [0.2, 0.25) is 0 Å². The summed E-state index contributed by atoms with van der Waals surface area (Å²) in [7, 11) is 0. The van der Waals surface area contributed by atoms with Gasteiger partial charge in [0.05, 0.1) is 5.39 Å². The van der Waals surface area contributed by atoms with Crippen molar-refractivity contribution < 1.29 is 41.2 Å². The van der Waals surface area contributed by atoms with Crippen LogP contribution in [-0.4, -0.2) is 41.2 Å². The van der Waals surface area contributed by atoms with Crippen LogP contribution in [0.3, 0.4) is 0 Å². The molecule has 0 heterocycles. The number of hydrogen-bond acceptors (Lipinski definition) is 8. The SMILES string of the molecule is O.O=c1cccc2cc(O)c(O)c(O)c2c1O.Oc1cccc(O)c1O. The summed E-state index contributed by atoms with van der Waals surface area (Å²) in [6.07, 6.45) is 0. The largest absolute Gasteiger partial charge is 0.504 e. The molecular formula is C17H16O9. The monoisotopic (exact) mass is 364 g/mol. The average molecular weight is 364 g/mol. The van der Waals surface area contributed by atoms with Crippen molar-refractivity contribution in [3.8, 4) is 40.2 Å². The summed E-state index contributed by atoms with van der Waals surface area (Å²) >= 11 is 0. The highest BCUT2D eigenvalue weighted by atomic mass is 16.3. The molecule has 0 amide bonds. The van der Waals surface area contributed by atoms with Crippen molar-refractivity contribution in [2.75, 3.05) is 0 Å². The maximum atomic E-state index is 11.3. The second-order valence-electron chi connectivity index (χ2n) is 4.94. The van der Waals surface area contributed by atoms with Gasteiger partial charge in [0.25, 0.3) is 0 Å². The summed E-state index contributed by atoms with van der Waals surface area (Å²) in [5.74, 6) is -3.78. The van der Waals surface area contributed by atoms with Gasteiger partial charge in [0, 0.05) is 0 Å². The Morgan fingerprint density at radius 2 is 1.12 bits per heavy atom. The first-order valence-electron chi connectivity index (χ1n) is 6.83. The Morgan fingerprint density at radius 3 is 1.65 bits per heavy atom. The van der Waals surface area contributed by atoms with Crippen LogP contribution >= 0.6 is 0 Å². The molecule has 3 aromatic rings. The van der Waals surface area contributed by atoms with Crippen molar-refractivity contribution in [3.05, 3.63) is 52.7 Å². The number of rotatable bonds is 0. The number of phenols is 6. The molecule has 0 saturated carbocycles. The van der Waals surface area contributed by atoms with E-state index in [4.69, 9.17) is 15.3 Å². The van der Waals surface area contributed by atoms with Crippen LogP contribution in [0.4, 0.5) is 0 Å². The van der Waals surface area contributed by atoms with Crippen LogP contribution in [-0.2, 0) is 0 Å². The third-order valence-corrected chi connectivity index (χ3v) is 3.27. The van der Waals surface area contributed by atoms with Gasteiger partial charge in [0.2, 0.25) is 11.2 Å². The number of benzene rings is 2. The van der Waals surface area contributed by atoms with Crippen molar-refractivity contribution in [1.29, 1.82) is 0 Å². The van der Waals surface area contributed by atoms with Crippen LogP contribution in [0.15, 0.2) is 47.3 Å². The van der Waals surface area contributed by atoms with Gasteiger partial charge in [0.1, 0.15) is 0 Å². The smallest absolute Gasteiger partial charge is 0.220 e. The quantitative estimate of drug-likeness (QED) is 0.287. The molecule has 0 fully saturated rings. The lowest BCUT2D eigenvalue weighted by atomic mass is 10.1. The minimum absolute atomic E-state index is 0. The highest BCUT2D eigenvalue weighted by molar-refractivity contribution is 5.96. The van der Waals surface area contributed by atoms with E-state index in [2.05, 4.69) is 0 Å². The van der Waals surface area contributed by atoms with Gasteiger partial charge in [-0.25, -0.2) is 0 Å². The summed E-state index contributed by atoms with van der Waals surface area (Å²) in [4.78, 5) is 11.3. The van der Waals surface area contributed by atoms with Crippen molar-refractivity contribution in [3.63, 3.8) is 0 Å². The first-order valence-corrected chi connectivity index (χ1v) is 6.83. The lowest BCUT2D eigenvalue weighted by Gasteiger charge is -2.04. The molecule has 26 heavy (non-hydrogen) atoms. The Balaban J connectivity index is 0.000000290. The molecule has 0 unspecified atom stereocenters. The van der Waals surface area contributed by atoms with Crippen LogP contribution < -0.4 is 5.43 Å². The second-order valence-corrected chi connectivity index (χ2v) is 4.94. The predicted octanol–water partition coefficient (Wildman–Crippen LogP) is 1.00. The zero-order valence-corrected chi connectivity index (χ0v) is 13.1. The van der Waals surface area contributed by atoms with Gasteiger partial charge in [-0.1, -0.05) is 18.2 Å². The lowest BCUT2D eigenvalue weighted by Crippen LogP contribution is -1.93. The third-order valence-electron chi connectivity index (χ3n) is 3.27. The Labute approximate surface area is 145 Å². The first kappa shape index (κ1) is 20.2. The van der Waals surface area contributed by atoms with Gasteiger partial charge in [-0.15, -0.1) is 0 Å². The minimum atomic E-state index is -0.770.